The largest absolute Gasteiger partial charge is 0.452 e. The molecule has 2 aromatic rings. The molecule has 150 valence electrons. The van der Waals surface area contributed by atoms with Gasteiger partial charge in [0.25, 0.3) is 5.91 Å². The number of nitrogens with zero attached hydrogens (tertiary/aromatic N) is 1. The molecule has 8 nitrogen and oxygen atoms in total. The molecule has 0 saturated carbocycles. The summed E-state index contributed by atoms with van der Waals surface area (Å²) in [6.45, 7) is 6.60. The molecule has 0 aliphatic carbocycles. The molecule has 0 unspecified atom stereocenters. The van der Waals surface area contributed by atoms with E-state index >= 15 is 0 Å². The van der Waals surface area contributed by atoms with Gasteiger partial charge in [-0.1, -0.05) is 5.16 Å². The summed E-state index contributed by atoms with van der Waals surface area (Å²) in [5.74, 6) is 0.349. The maximum atomic E-state index is 12.2. The lowest BCUT2D eigenvalue weighted by atomic mass is 10.2. The molecular weight excluding hydrogens is 382 g/mol. The van der Waals surface area contributed by atoms with Crippen LogP contribution in [0.5, 0.6) is 0 Å². The maximum Gasteiger partial charge on any atom is 0.316 e. The van der Waals surface area contributed by atoms with Crippen molar-refractivity contribution in [1.82, 2.24) is 5.16 Å². The molecule has 2 rings (SSSR count). The number of esters is 1. The highest BCUT2D eigenvalue weighted by molar-refractivity contribution is 7.99. The van der Waals surface area contributed by atoms with E-state index in [1.54, 1.807) is 24.3 Å². The minimum absolute atomic E-state index is 0.118. The first-order valence-corrected chi connectivity index (χ1v) is 9.79. The van der Waals surface area contributed by atoms with Crippen molar-refractivity contribution in [2.75, 3.05) is 16.4 Å². The maximum absolute atomic E-state index is 12.2. The van der Waals surface area contributed by atoms with Crippen molar-refractivity contribution in [2.24, 2.45) is 0 Å². The quantitative estimate of drug-likeness (QED) is 0.649. The molecule has 9 heteroatoms. The number of anilines is 2. The molecule has 2 N–H and O–H groups in total. The molecule has 1 aromatic heterocycles. The van der Waals surface area contributed by atoms with Crippen molar-refractivity contribution in [1.29, 1.82) is 0 Å². The van der Waals surface area contributed by atoms with Crippen LogP contribution in [0.2, 0.25) is 0 Å². The number of thioether (sulfide) groups is 1. The minimum atomic E-state index is -0.929. The average Bonchev–Trinajstić information content (AvgIpc) is 2.94. The number of hydrogen-bond donors (Lipinski definition) is 2. The van der Waals surface area contributed by atoms with Crippen molar-refractivity contribution < 1.29 is 23.6 Å². The fourth-order valence-electron chi connectivity index (χ4n) is 2.31. The van der Waals surface area contributed by atoms with Gasteiger partial charge in [0.05, 0.1) is 11.4 Å². The van der Waals surface area contributed by atoms with Crippen molar-refractivity contribution in [3.8, 4) is 0 Å². The Bertz CT molecular complexity index is 828. The van der Waals surface area contributed by atoms with E-state index in [0.29, 0.717) is 17.1 Å². The van der Waals surface area contributed by atoms with Crippen LogP contribution in [0.25, 0.3) is 0 Å². The van der Waals surface area contributed by atoms with Gasteiger partial charge >= 0.3 is 5.97 Å². The summed E-state index contributed by atoms with van der Waals surface area (Å²) in [7, 11) is 0. The number of carbonyl (C=O) groups is 3. The molecule has 0 bridgehead atoms. The number of hydrogen-bond acceptors (Lipinski definition) is 7. The minimum Gasteiger partial charge on any atom is -0.452 e. The van der Waals surface area contributed by atoms with Crippen molar-refractivity contribution in [2.45, 2.75) is 39.6 Å². The summed E-state index contributed by atoms with van der Waals surface area (Å²) < 4.78 is 10.3. The number of aromatic nitrogens is 1. The Kier molecular flexibility index (Phi) is 7.62. The first kappa shape index (κ1) is 21.5. The van der Waals surface area contributed by atoms with Gasteiger partial charge in [0.1, 0.15) is 5.76 Å². The standard InChI is InChI=1S/C19H23N3O5S/c1-11-17(12(2)27-22-11)9-28-10-18(24)26-13(3)19(25)21-16-7-5-15(6-8-16)20-14(4)23/h5-8,13H,9-10H2,1-4H3,(H,20,23)(H,21,25)/t13-/m1/s1. The van der Waals surface area contributed by atoms with E-state index < -0.39 is 18.0 Å². The Hall–Kier alpha value is -2.81. The van der Waals surface area contributed by atoms with Gasteiger partial charge in [0, 0.05) is 29.6 Å². The second kappa shape index (κ2) is 9.93. The van der Waals surface area contributed by atoms with E-state index in [9.17, 15) is 14.4 Å². The number of ether oxygens (including phenoxy) is 1. The average molecular weight is 405 g/mol. The van der Waals surface area contributed by atoms with E-state index in [1.165, 1.54) is 25.6 Å². The third kappa shape index (κ3) is 6.41. The van der Waals surface area contributed by atoms with Gasteiger partial charge in [-0.05, 0) is 45.0 Å². The Morgan fingerprint density at radius 3 is 2.29 bits per heavy atom. The molecule has 0 spiro atoms. The smallest absolute Gasteiger partial charge is 0.316 e. The molecule has 28 heavy (non-hydrogen) atoms. The van der Waals surface area contributed by atoms with Crippen molar-refractivity contribution in [3.05, 3.63) is 41.3 Å². The van der Waals surface area contributed by atoms with E-state index in [1.807, 2.05) is 13.8 Å². The van der Waals surface area contributed by atoms with E-state index in [2.05, 4.69) is 15.8 Å². The Morgan fingerprint density at radius 1 is 1.14 bits per heavy atom. The summed E-state index contributed by atoms with van der Waals surface area (Å²) >= 11 is 1.37. The summed E-state index contributed by atoms with van der Waals surface area (Å²) in [6, 6.07) is 6.63. The number of amides is 2. The number of nitrogens with one attached hydrogen (secondary N) is 2. The van der Waals surface area contributed by atoms with E-state index in [4.69, 9.17) is 9.26 Å². The monoisotopic (exact) mass is 405 g/mol. The predicted molar refractivity (Wildman–Crippen MR) is 107 cm³/mol. The van der Waals surface area contributed by atoms with Crippen LogP contribution in [0.4, 0.5) is 11.4 Å². The number of carbonyl (C=O) groups excluding carboxylic acids is 3. The zero-order valence-corrected chi connectivity index (χ0v) is 17.0. The van der Waals surface area contributed by atoms with Crippen LogP contribution in [-0.2, 0) is 24.9 Å². The van der Waals surface area contributed by atoms with Crippen LogP contribution < -0.4 is 10.6 Å². The molecule has 0 aliphatic heterocycles. The van der Waals surface area contributed by atoms with Crippen LogP contribution >= 0.6 is 11.8 Å². The second-order valence-electron chi connectivity index (χ2n) is 6.18. The van der Waals surface area contributed by atoms with Gasteiger partial charge in [-0.2, -0.15) is 0 Å². The van der Waals surface area contributed by atoms with Crippen molar-refractivity contribution in [3.63, 3.8) is 0 Å². The third-order valence-corrected chi connectivity index (χ3v) is 4.73. The lowest BCUT2D eigenvalue weighted by molar-refractivity contribution is -0.150. The lowest BCUT2D eigenvalue weighted by Crippen LogP contribution is -2.30. The van der Waals surface area contributed by atoms with Gasteiger partial charge in [-0.25, -0.2) is 0 Å². The summed E-state index contributed by atoms with van der Waals surface area (Å²) in [4.78, 5) is 35.1. The van der Waals surface area contributed by atoms with Crippen LogP contribution in [0.15, 0.2) is 28.8 Å². The zero-order valence-electron chi connectivity index (χ0n) is 16.2. The van der Waals surface area contributed by atoms with Gasteiger partial charge in [-0.15, -0.1) is 11.8 Å². The fraction of sp³-hybridized carbons (Fsp3) is 0.368. The highest BCUT2D eigenvalue weighted by atomic mass is 32.2. The van der Waals surface area contributed by atoms with Crippen molar-refractivity contribution >= 4 is 40.9 Å². The SMILES string of the molecule is CC(=O)Nc1ccc(NC(=O)[C@@H](C)OC(=O)CSCc2c(C)noc2C)cc1. The van der Waals surface area contributed by atoms with Crippen LogP contribution in [0.1, 0.15) is 30.9 Å². The third-order valence-electron chi connectivity index (χ3n) is 3.80. The number of rotatable bonds is 8. The highest BCUT2D eigenvalue weighted by Crippen LogP contribution is 2.20. The zero-order chi connectivity index (χ0) is 20.7. The van der Waals surface area contributed by atoms with Gasteiger partial charge in [0.2, 0.25) is 5.91 Å². The molecule has 0 radical (unpaired) electrons. The number of benzene rings is 1. The second-order valence-corrected chi connectivity index (χ2v) is 7.16. The normalized spacial score (nSPS) is 11.6. The first-order valence-electron chi connectivity index (χ1n) is 8.63. The fourth-order valence-corrected chi connectivity index (χ4v) is 3.27. The molecule has 1 atom stereocenters. The summed E-state index contributed by atoms with van der Waals surface area (Å²) in [6.07, 6.45) is -0.929. The lowest BCUT2D eigenvalue weighted by Gasteiger charge is -2.14. The highest BCUT2D eigenvalue weighted by Gasteiger charge is 2.18. The predicted octanol–water partition coefficient (Wildman–Crippen LogP) is 3.05. The van der Waals surface area contributed by atoms with E-state index in [-0.39, 0.29) is 11.7 Å². The van der Waals surface area contributed by atoms with Gasteiger partial charge in [-0.3, -0.25) is 14.4 Å². The Morgan fingerprint density at radius 2 is 1.75 bits per heavy atom. The van der Waals surface area contributed by atoms with Gasteiger partial charge < -0.3 is 19.9 Å². The van der Waals surface area contributed by atoms with Crippen LogP contribution in [0, 0.1) is 13.8 Å². The molecule has 2 amide bonds. The van der Waals surface area contributed by atoms with E-state index in [0.717, 1.165) is 17.0 Å². The summed E-state index contributed by atoms with van der Waals surface area (Å²) in [5, 5.41) is 9.17. The topological polar surface area (TPSA) is 111 Å². The Labute approximate surface area is 167 Å². The molecule has 0 fully saturated rings. The molecule has 0 saturated heterocycles. The molecule has 0 aliphatic rings. The first-order chi connectivity index (χ1) is 13.3. The molecule has 1 aromatic carbocycles. The molecular formula is C19H23N3O5S. The Balaban J connectivity index is 1.76. The van der Waals surface area contributed by atoms with Gasteiger partial charge in [0.15, 0.2) is 6.10 Å². The summed E-state index contributed by atoms with van der Waals surface area (Å²) in [5.41, 5.74) is 2.93. The van der Waals surface area contributed by atoms with Crippen LogP contribution in [-0.4, -0.2) is 34.8 Å². The van der Waals surface area contributed by atoms with Crippen LogP contribution in [0.3, 0.4) is 0 Å². The number of aryl methyl sites for hydroxylation is 2. The molecule has 1 heterocycles.